The van der Waals surface area contributed by atoms with E-state index < -0.39 is 0 Å². The van der Waals surface area contributed by atoms with Crippen molar-refractivity contribution in [3.05, 3.63) is 57.8 Å². The second-order valence-corrected chi connectivity index (χ2v) is 5.58. The highest BCUT2D eigenvalue weighted by molar-refractivity contribution is 9.10. The molecule has 1 aromatic carbocycles. The molecule has 0 fully saturated rings. The Morgan fingerprint density at radius 1 is 1.21 bits per heavy atom. The number of hydrogen-bond donors (Lipinski definition) is 1. The predicted molar refractivity (Wildman–Crippen MR) is 81.2 cm³/mol. The summed E-state index contributed by atoms with van der Waals surface area (Å²) in [5.74, 6) is 0. The second kappa shape index (κ2) is 4.96. The Morgan fingerprint density at radius 2 is 2.05 bits per heavy atom. The molecule has 3 aromatic rings. The Bertz CT molecular complexity index is 752. The van der Waals surface area contributed by atoms with Crippen molar-refractivity contribution in [2.75, 3.05) is 0 Å². The van der Waals surface area contributed by atoms with Gasteiger partial charge in [0.1, 0.15) is 5.65 Å². The van der Waals surface area contributed by atoms with Gasteiger partial charge < -0.3 is 10.1 Å². The monoisotopic (exact) mass is 335 g/mol. The molecule has 2 N–H and O–H groups in total. The third kappa shape index (κ3) is 2.39. The van der Waals surface area contributed by atoms with Crippen molar-refractivity contribution in [3.8, 4) is 11.3 Å². The lowest BCUT2D eigenvalue weighted by Crippen LogP contribution is -1.97. The standard InChI is InChI=1S/C14H11BrClN3/c15-10-2-3-11(12(16)5-10)13-8-19-7-9(6-17)1-4-14(19)18-13/h1-5,7-8H,6,17H2. The van der Waals surface area contributed by atoms with Crippen molar-refractivity contribution >= 4 is 33.2 Å². The Labute approximate surface area is 124 Å². The van der Waals surface area contributed by atoms with E-state index in [1.54, 1.807) is 0 Å². The number of rotatable bonds is 2. The van der Waals surface area contributed by atoms with Crippen molar-refractivity contribution in [1.29, 1.82) is 0 Å². The Hall–Kier alpha value is -1.36. The fraction of sp³-hybridized carbons (Fsp3) is 0.0714. The number of pyridine rings is 1. The summed E-state index contributed by atoms with van der Waals surface area (Å²) in [6, 6.07) is 9.72. The highest BCUT2D eigenvalue weighted by Gasteiger charge is 2.08. The summed E-state index contributed by atoms with van der Waals surface area (Å²) >= 11 is 9.65. The van der Waals surface area contributed by atoms with Crippen LogP contribution in [-0.2, 0) is 6.54 Å². The minimum Gasteiger partial charge on any atom is -0.326 e. The largest absolute Gasteiger partial charge is 0.326 e. The van der Waals surface area contributed by atoms with Crippen LogP contribution >= 0.6 is 27.5 Å². The summed E-state index contributed by atoms with van der Waals surface area (Å²) in [5, 5.41) is 0.678. The van der Waals surface area contributed by atoms with Gasteiger partial charge in [-0.25, -0.2) is 4.98 Å². The number of nitrogens with zero attached hydrogens (tertiary/aromatic N) is 2. The van der Waals surface area contributed by atoms with Crippen LogP contribution in [-0.4, -0.2) is 9.38 Å². The van der Waals surface area contributed by atoms with E-state index in [0.717, 1.165) is 26.9 Å². The summed E-state index contributed by atoms with van der Waals surface area (Å²) in [6.07, 6.45) is 3.95. The summed E-state index contributed by atoms with van der Waals surface area (Å²) < 4.78 is 2.92. The van der Waals surface area contributed by atoms with Crippen molar-refractivity contribution in [1.82, 2.24) is 9.38 Å². The zero-order valence-corrected chi connectivity index (χ0v) is 12.3. The molecule has 5 heteroatoms. The Balaban J connectivity index is 2.14. The minimum atomic E-state index is 0.516. The van der Waals surface area contributed by atoms with Crippen molar-refractivity contribution in [3.63, 3.8) is 0 Å². The minimum absolute atomic E-state index is 0.516. The van der Waals surface area contributed by atoms with E-state index in [4.69, 9.17) is 17.3 Å². The van der Waals surface area contributed by atoms with Gasteiger partial charge in [0.05, 0.1) is 10.7 Å². The fourth-order valence-electron chi connectivity index (χ4n) is 1.99. The van der Waals surface area contributed by atoms with E-state index in [0.29, 0.717) is 11.6 Å². The number of fused-ring (bicyclic) bond motifs is 1. The van der Waals surface area contributed by atoms with Gasteiger partial charge in [-0.15, -0.1) is 0 Å². The van der Waals surface area contributed by atoms with E-state index in [2.05, 4.69) is 20.9 Å². The Kier molecular flexibility index (Phi) is 3.31. The van der Waals surface area contributed by atoms with Crippen LogP contribution in [0.5, 0.6) is 0 Å². The molecular weight excluding hydrogens is 326 g/mol. The second-order valence-electron chi connectivity index (χ2n) is 4.26. The van der Waals surface area contributed by atoms with E-state index >= 15 is 0 Å². The van der Waals surface area contributed by atoms with Crippen LogP contribution in [0.3, 0.4) is 0 Å². The van der Waals surface area contributed by atoms with Crippen molar-refractivity contribution < 1.29 is 0 Å². The first kappa shape index (κ1) is 12.7. The summed E-state index contributed by atoms with van der Waals surface area (Å²) in [5.41, 5.74) is 9.36. The van der Waals surface area contributed by atoms with Crippen LogP contribution in [0.15, 0.2) is 47.2 Å². The summed E-state index contributed by atoms with van der Waals surface area (Å²) in [4.78, 5) is 4.57. The molecule has 19 heavy (non-hydrogen) atoms. The van der Waals surface area contributed by atoms with Gasteiger partial charge in [0.15, 0.2) is 0 Å². The van der Waals surface area contributed by atoms with Crippen LogP contribution < -0.4 is 5.73 Å². The molecule has 0 spiro atoms. The average molecular weight is 337 g/mol. The van der Waals surface area contributed by atoms with Gasteiger partial charge in [-0.3, -0.25) is 0 Å². The molecule has 0 radical (unpaired) electrons. The molecule has 96 valence electrons. The lowest BCUT2D eigenvalue weighted by atomic mass is 10.2. The highest BCUT2D eigenvalue weighted by atomic mass is 79.9. The van der Waals surface area contributed by atoms with Crippen LogP contribution in [0.1, 0.15) is 5.56 Å². The molecular formula is C14H11BrClN3. The van der Waals surface area contributed by atoms with Gasteiger partial charge in [0.2, 0.25) is 0 Å². The zero-order chi connectivity index (χ0) is 13.4. The molecule has 0 amide bonds. The highest BCUT2D eigenvalue weighted by Crippen LogP contribution is 2.30. The predicted octanol–water partition coefficient (Wildman–Crippen LogP) is 3.88. The zero-order valence-electron chi connectivity index (χ0n) is 9.98. The average Bonchev–Trinajstić information content (AvgIpc) is 2.80. The molecule has 0 saturated carbocycles. The first-order valence-electron chi connectivity index (χ1n) is 5.80. The first-order chi connectivity index (χ1) is 9.17. The van der Waals surface area contributed by atoms with Gasteiger partial charge in [0, 0.05) is 29.0 Å². The molecule has 3 nitrogen and oxygen atoms in total. The number of imidazole rings is 1. The van der Waals surface area contributed by atoms with Crippen LogP contribution in [0, 0.1) is 0 Å². The molecule has 0 saturated heterocycles. The van der Waals surface area contributed by atoms with Gasteiger partial charge in [-0.2, -0.15) is 0 Å². The molecule has 0 aliphatic heterocycles. The molecule has 3 rings (SSSR count). The third-order valence-electron chi connectivity index (χ3n) is 2.96. The maximum Gasteiger partial charge on any atom is 0.137 e. The van der Waals surface area contributed by atoms with Gasteiger partial charge >= 0.3 is 0 Å². The first-order valence-corrected chi connectivity index (χ1v) is 6.97. The van der Waals surface area contributed by atoms with Crippen LogP contribution in [0.4, 0.5) is 0 Å². The van der Waals surface area contributed by atoms with E-state index in [9.17, 15) is 0 Å². The maximum absolute atomic E-state index is 6.25. The number of nitrogens with two attached hydrogens (primary N) is 1. The topological polar surface area (TPSA) is 43.3 Å². The van der Waals surface area contributed by atoms with Gasteiger partial charge in [-0.05, 0) is 23.8 Å². The van der Waals surface area contributed by atoms with Gasteiger partial charge in [-0.1, -0.05) is 39.7 Å². The smallest absolute Gasteiger partial charge is 0.137 e. The molecule has 0 atom stereocenters. The molecule has 0 unspecified atom stereocenters. The number of hydrogen-bond acceptors (Lipinski definition) is 2. The summed E-state index contributed by atoms with van der Waals surface area (Å²) in [7, 11) is 0. The number of aromatic nitrogens is 2. The molecule has 2 heterocycles. The normalized spacial score (nSPS) is 11.1. The lowest BCUT2D eigenvalue weighted by Gasteiger charge is -2.00. The number of benzene rings is 1. The molecule has 2 aromatic heterocycles. The van der Waals surface area contributed by atoms with Gasteiger partial charge in [0.25, 0.3) is 0 Å². The summed E-state index contributed by atoms with van der Waals surface area (Å²) in [6.45, 7) is 0.516. The maximum atomic E-state index is 6.25. The lowest BCUT2D eigenvalue weighted by molar-refractivity contribution is 1.03. The quantitative estimate of drug-likeness (QED) is 0.772. The van der Waals surface area contributed by atoms with E-state index in [-0.39, 0.29) is 0 Å². The van der Waals surface area contributed by atoms with E-state index in [1.807, 2.05) is 47.1 Å². The van der Waals surface area contributed by atoms with Crippen LogP contribution in [0.25, 0.3) is 16.9 Å². The molecule has 0 aliphatic rings. The SMILES string of the molecule is NCc1ccc2nc(-c3ccc(Br)cc3Cl)cn2c1. The van der Waals surface area contributed by atoms with Crippen LogP contribution in [0.2, 0.25) is 5.02 Å². The Morgan fingerprint density at radius 3 is 2.79 bits per heavy atom. The third-order valence-corrected chi connectivity index (χ3v) is 3.76. The van der Waals surface area contributed by atoms with E-state index in [1.165, 1.54) is 0 Å². The molecule has 0 aliphatic carbocycles. The number of halogens is 2. The van der Waals surface area contributed by atoms with Crippen molar-refractivity contribution in [2.24, 2.45) is 5.73 Å². The molecule has 0 bridgehead atoms. The van der Waals surface area contributed by atoms with Crippen molar-refractivity contribution in [2.45, 2.75) is 6.54 Å². The fourth-order valence-corrected chi connectivity index (χ4v) is 2.76.